The second-order valence-electron chi connectivity index (χ2n) is 4.80. The Morgan fingerprint density at radius 1 is 1.47 bits per heavy atom. The Morgan fingerprint density at radius 2 is 2.37 bits per heavy atom. The van der Waals surface area contributed by atoms with Gasteiger partial charge in [-0.2, -0.15) is 0 Å². The van der Waals surface area contributed by atoms with Crippen molar-refractivity contribution in [1.29, 1.82) is 0 Å². The molecule has 1 unspecified atom stereocenters. The quantitative estimate of drug-likeness (QED) is 0.906. The average Bonchev–Trinajstić information content (AvgIpc) is 3.04. The number of benzene rings is 1. The first-order valence-corrected chi connectivity index (χ1v) is 7.25. The van der Waals surface area contributed by atoms with E-state index in [1.807, 2.05) is 6.07 Å². The van der Waals surface area contributed by atoms with E-state index in [-0.39, 0.29) is 11.7 Å². The van der Waals surface area contributed by atoms with E-state index in [2.05, 4.69) is 10.6 Å². The minimum Gasteiger partial charge on any atom is -0.350 e. The number of halogens is 1. The summed E-state index contributed by atoms with van der Waals surface area (Å²) in [7, 11) is 0. The molecule has 2 N–H and O–H groups in total. The predicted octanol–water partition coefficient (Wildman–Crippen LogP) is 2.52. The molecule has 19 heavy (non-hydrogen) atoms. The highest BCUT2D eigenvalue weighted by Crippen LogP contribution is 2.26. The molecule has 1 aromatic heterocycles. The van der Waals surface area contributed by atoms with E-state index >= 15 is 0 Å². The van der Waals surface area contributed by atoms with Crippen molar-refractivity contribution in [3.05, 3.63) is 35.0 Å². The summed E-state index contributed by atoms with van der Waals surface area (Å²) >= 11 is 1.33. The molecule has 100 valence electrons. The van der Waals surface area contributed by atoms with Crippen LogP contribution in [0.5, 0.6) is 0 Å². The molecular formula is C14H15FN2OS. The number of carbonyl (C=O) groups excluding carboxylic acids is 1. The molecule has 0 radical (unpaired) electrons. The fraction of sp³-hybridized carbons (Fsp3) is 0.357. The van der Waals surface area contributed by atoms with Gasteiger partial charge in [0.05, 0.1) is 4.88 Å². The third-order valence-corrected chi connectivity index (χ3v) is 4.47. The lowest BCUT2D eigenvalue weighted by Gasteiger charge is -2.10. The molecule has 3 rings (SSSR count). The van der Waals surface area contributed by atoms with Crippen molar-refractivity contribution in [2.24, 2.45) is 0 Å². The van der Waals surface area contributed by atoms with Crippen LogP contribution >= 0.6 is 11.3 Å². The van der Waals surface area contributed by atoms with E-state index in [1.54, 1.807) is 6.07 Å². The van der Waals surface area contributed by atoms with Gasteiger partial charge in [0.2, 0.25) is 0 Å². The predicted molar refractivity (Wildman–Crippen MR) is 75.1 cm³/mol. The highest BCUT2D eigenvalue weighted by atomic mass is 32.1. The summed E-state index contributed by atoms with van der Waals surface area (Å²) in [4.78, 5) is 12.7. The monoisotopic (exact) mass is 278 g/mol. The van der Waals surface area contributed by atoms with Gasteiger partial charge in [0, 0.05) is 17.3 Å². The summed E-state index contributed by atoms with van der Waals surface area (Å²) in [5, 5.41) is 7.18. The van der Waals surface area contributed by atoms with E-state index in [4.69, 9.17) is 0 Å². The summed E-state index contributed by atoms with van der Waals surface area (Å²) in [6, 6.07) is 6.79. The van der Waals surface area contributed by atoms with Gasteiger partial charge in [-0.15, -0.1) is 11.3 Å². The first-order valence-electron chi connectivity index (χ1n) is 6.43. The van der Waals surface area contributed by atoms with Crippen LogP contribution in [0.3, 0.4) is 0 Å². The maximum atomic E-state index is 13.1. The SMILES string of the molecule is O=C(NCC1CCCN1)c1cc2ccc(F)cc2s1. The Hall–Kier alpha value is -1.46. The highest BCUT2D eigenvalue weighted by molar-refractivity contribution is 7.20. The third-order valence-electron chi connectivity index (χ3n) is 3.38. The van der Waals surface area contributed by atoms with Crippen LogP contribution in [0.15, 0.2) is 24.3 Å². The lowest BCUT2D eigenvalue weighted by Crippen LogP contribution is -2.36. The van der Waals surface area contributed by atoms with Crippen LogP contribution in [0.25, 0.3) is 10.1 Å². The van der Waals surface area contributed by atoms with E-state index < -0.39 is 0 Å². The molecule has 2 heterocycles. The van der Waals surface area contributed by atoms with E-state index in [1.165, 1.54) is 29.9 Å². The molecule has 1 amide bonds. The van der Waals surface area contributed by atoms with Gasteiger partial charge in [-0.25, -0.2) is 4.39 Å². The lowest BCUT2D eigenvalue weighted by atomic mass is 10.2. The number of amides is 1. The fourth-order valence-electron chi connectivity index (χ4n) is 2.35. The second-order valence-corrected chi connectivity index (χ2v) is 5.88. The van der Waals surface area contributed by atoms with Crippen molar-refractivity contribution in [2.75, 3.05) is 13.1 Å². The molecule has 1 aromatic carbocycles. The normalized spacial score (nSPS) is 18.9. The zero-order valence-corrected chi connectivity index (χ0v) is 11.2. The van der Waals surface area contributed by atoms with Gasteiger partial charge in [0.25, 0.3) is 5.91 Å². The first kappa shape index (κ1) is 12.6. The average molecular weight is 278 g/mol. The van der Waals surface area contributed by atoms with E-state index in [0.717, 1.165) is 23.1 Å². The standard InChI is InChI=1S/C14H15FN2OS/c15-10-4-3-9-6-13(19-12(9)7-10)14(18)17-8-11-2-1-5-16-11/h3-4,6-7,11,16H,1-2,5,8H2,(H,17,18). The Bertz CT molecular complexity index is 605. The fourth-order valence-corrected chi connectivity index (χ4v) is 3.35. The van der Waals surface area contributed by atoms with E-state index in [9.17, 15) is 9.18 Å². The minimum atomic E-state index is -0.267. The van der Waals surface area contributed by atoms with Gasteiger partial charge in [-0.1, -0.05) is 6.07 Å². The Labute approximate surface area is 114 Å². The van der Waals surface area contributed by atoms with Crippen LogP contribution in [0.2, 0.25) is 0 Å². The minimum absolute atomic E-state index is 0.0738. The lowest BCUT2D eigenvalue weighted by molar-refractivity contribution is 0.0954. The Kier molecular flexibility index (Phi) is 3.48. The van der Waals surface area contributed by atoms with Gasteiger partial charge in [0.1, 0.15) is 5.82 Å². The van der Waals surface area contributed by atoms with Crippen molar-refractivity contribution < 1.29 is 9.18 Å². The Morgan fingerprint density at radius 3 is 3.16 bits per heavy atom. The number of thiophene rings is 1. The zero-order valence-electron chi connectivity index (χ0n) is 10.4. The number of nitrogens with one attached hydrogen (secondary N) is 2. The smallest absolute Gasteiger partial charge is 0.261 e. The second kappa shape index (κ2) is 5.27. The van der Waals surface area contributed by atoms with Crippen LogP contribution < -0.4 is 10.6 Å². The van der Waals surface area contributed by atoms with Crippen LogP contribution in [0.4, 0.5) is 4.39 Å². The van der Waals surface area contributed by atoms with Gasteiger partial charge >= 0.3 is 0 Å². The van der Waals surface area contributed by atoms with Gasteiger partial charge in [-0.05, 0) is 43.0 Å². The summed E-state index contributed by atoms with van der Waals surface area (Å²) in [5.41, 5.74) is 0. The van der Waals surface area contributed by atoms with Crippen LogP contribution in [-0.2, 0) is 0 Å². The molecule has 1 aliphatic rings. The van der Waals surface area contributed by atoms with Crippen molar-refractivity contribution in [3.8, 4) is 0 Å². The molecule has 1 aliphatic heterocycles. The summed E-state index contributed by atoms with van der Waals surface area (Å²) in [6.45, 7) is 1.68. The van der Waals surface area contributed by atoms with Crippen molar-refractivity contribution in [3.63, 3.8) is 0 Å². The van der Waals surface area contributed by atoms with Crippen LogP contribution in [0, 0.1) is 5.82 Å². The molecule has 1 atom stereocenters. The number of fused-ring (bicyclic) bond motifs is 1. The van der Waals surface area contributed by atoms with Crippen LogP contribution in [0.1, 0.15) is 22.5 Å². The van der Waals surface area contributed by atoms with Crippen molar-refractivity contribution in [2.45, 2.75) is 18.9 Å². The van der Waals surface area contributed by atoms with Gasteiger partial charge in [0.15, 0.2) is 0 Å². The number of carbonyl (C=O) groups is 1. The molecule has 0 saturated carbocycles. The molecule has 0 spiro atoms. The van der Waals surface area contributed by atoms with Crippen LogP contribution in [-0.4, -0.2) is 25.0 Å². The summed E-state index contributed by atoms with van der Waals surface area (Å²) in [5.74, 6) is -0.341. The number of hydrogen-bond acceptors (Lipinski definition) is 3. The van der Waals surface area contributed by atoms with Crippen molar-refractivity contribution >= 4 is 27.3 Å². The number of rotatable bonds is 3. The molecule has 3 nitrogen and oxygen atoms in total. The largest absolute Gasteiger partial charge is 0.350 e. The zero-order chi connectivity index (χ0) is 13.2. The molecule has 0 bridgehead atoms. The molecule has 2 aromatic rings. The van der Waals surface area contributed by atoms with Gasteiger partial charge < -0.3 is 10.6 Å². The molecular weight excluding hydrogens is 263 g/mol. The summed E-state index contributed by atoms with van der Waals surface area (Å²) in [6.07, 6.45) is 2.28. The van der Waals surface area contributed by atoms with E-state index in [0.29, 0.717) is 17.5 Å². The third kappa shape index (κ3) is 2.77. The van der Waals surface area contributed by atoms with Crippen molar-refractivity contribution in [1.82, 2.24) is 10.6 Å². The Balaban J connectivity index is 1.70. The number of hydrogen-bond donors (Lipinski definition) is 2. The molecule has 1 fully saturated rings. The topological polar surface area (TPSA) is 41.1 Å². The van der Waals surface area contributed by atoms with Gasteiger partial charge in [-0.3, -0.25) is 4.79 Å². The first-order chi connectivity index (χ1) is 9.22. The molecule has 5 heteroatoms. The maximum absolute atomic E-state index is 13.1. The molecule has 1 saturated heterocycles. The summed E-state index contributed by atoms with van der Waals surface area (Å²) < 4.78 is 13.9. The molecule has 0 aliphatic carbocycles. The highest BCUT2D eigenvalue weighted by Gasteiger charge is 2.16. The maximum Gasteiger partial charge on any atom is 0.261 e.